The van der Waals surface area contributed by atoms with E-state index in [2.05, 4.69) is 5.32 Å². The fourth-order valence-corrected chi connectivity index (χ4v) is 2.02. The van der Waals surface area contributed by atoms with Gasteiger partial charge in [0.25, 0.3) is 0 Å². The lowest BCUT2D eigenvalue weighted by molar-refractivity contribution is 0.441. The molecule has 0 saturated heterocycles. The summed E-state index contributed by atoms with van der Waals surface area (Å²) < 4.78 is 19.4. The average molecular weight is 280 g/mol. The van der Waals surface area contributed by atoms with Gasteiger partial charge in [-0.15, -0.1) is 0 Å². The molecule has 1 N–H and O–H groups in total. The van der Waals surface area contributed by atoms with E-state index in [0.717, 1.165) is 11.1 Å². The molecule has 0 unspecified atom stereocenters. The Morgan fingerprint density at radius 1 is 1.16 bits per heavy atom. The van der Waals surface area contributed by atoms with Crippen molar-refractivity contribution < 1.29 is 9.13 Å². The van der Waals surface area contributed by atoms with Crippen LogP contribution < -0.4 is 10.1 Å². The van der Waals surface area contributed by atoms with Crippen LogP contribution in [0, 0.1) is 12.7 Å². The maximum Gasteiger partial charge on any atom is 0.166 e. The van der Waals surface area contributed by atoms with E-state index >= 15 is 0 Å². The minimum Gasteiger partial charge on any atom is -0.453 e. The van der Waals surface area contributed by atoms with Gasteiger partial charge in [-0.25, -0.2) is 4.39 Å². The Hall–Kier alpha value is -1.58. The highest BCUT2D eigenvalue weighted by Crippen LogP contribution is 2.31. The summed E-state index contributed by atoms with van der Waals surface area (Å²) in [6, 6.07) is 10.3. The van der Waals surface area contributed by atoms with Crippen LogP contribution in [0.5, 0.6) is 11.5 Å². The summed E-state index contributed by atoms with van der Waals surface area (Å²) in [6.45, 7) is 2.55. The van der Waals surface area contributed by atoms with Gasteiger partial charge < -0.3 is 10.1 Å². The lowest BCUT2D eigenvalue weighted by atomic mass is 10.2. The Labute approximate surface area is 117 Å². The minimum absolute atomic E-state index is 0.172. The summed E-state index contributed by atoms with van der Waals surface area (Å²) in [5.74, 6) is 0.225. The standard InChI is InChI=1S/C15H15ClFNO/c1-10-3-5-14(12(16)7-10)19-15-6-4-11(9-18-2)8-13(15)17/h3-8,18H,9H2,1-2H3. The van der Waals surface area contributed by atoms with E-state index in [1.165, 1.54) is 6.07 Å². The number of halogens is 2. The first kappa shape index (κ1) is 13.8. The molecule has 0 aliphatic carbocycles. The third kappa shape index (κ3) is 3.46. The molecule has 0 radical (unpaired) electrons. The third-order valence-electron chi connectivity index (χ3n) is 2.68. The summed E-state index contributed by atoms with van der Waals surface area (Å²) in [5.41, 5.74) is 1.89. The minimum atomic E-state index is -0.399. The van der Waals surface area contributed by atoms with Gasteiger partial charge in [0.2, 0.25) is 0 Å². The molecule has 0 amide bonds. The highest BCUT2D eigenvalue weighted by atomic mass is 35.5. The Bertz CT molecular complexity index is 586. The van der Waals surface area contributed by atoms with E-state index in [1.807, 2.05) is 26.1 Å². The van der Waals surface area contributed by atoms with E-state index in [4.69, 9.17) is 16.3 Å². The second-order valence-electron chi connectivity index (χ2n) is 4.33. The molecule has 2 nitrogen and oxygen atoms in total. The zero-order chi connectivity index (χ0) is 13.8. The van der Waals surface area contributed by atoms with Crippen molar-refractivity contribution in [2.45, 2.75) is 13.5 Å². The smallest absolute Gasteiger partial charge is 0.166 e. The zero-order valence-electron chi connectivity index (χ0n) is 10.8. The van der Waals surface area contributed by atoms with Crippen molar-refractivity contribution in [3.8, 4) is 11.5 Å². The van der Waals surface area contributed by atoms with E-state index in [1.54, 1.807) is 18.2 Å². The van der Waals surface area contributed by atoms with Gasteiger partial charge in [0, 0.05) is 6.54 Å². The number of ether oxygens (including phenoxy) is 1. The number of benzene rings is 2. The van der Waals surface area contributed by atoms with Crippen LogP contribution >= 0.6 is 11.6 Å². The summed E-state index contributed by atoms with van der Waals surface area (Å²) in [6.07, 6.45) is 0. The lowest BCUT2D eigenvalue weighted by Crippen LogP contribution is -2.05. The molecule has 100 valence electrons. The molecular weight excluding hydrogens is 265 g/mol. The van der Waals surface area contributed by atoms with Gasteiger partial charge in [0.05, 0.1) is 5.02 Å². The highest BCUT2D eigenvalue weighted by Gasteiger charge is 2.08. The van der Waals surface area contributed by atoms with Crippen LogP contribution in [-0.2, 0) is 6.54 Å². The lowest BCUT2D eigenvalue weighted by Gasteiger charge is -2.10. The van der Waals surface area contributed by atoms with Gasteiger partial charge in [-0.05, 0) is 49.4 Å². The van der Waals surface area contributed by atoms with Crippen LogP contribution in [0.1, 0.15) is 11.1 Å². The number of nitrogens with one attached hydrogen (secondary N) is 1. The van der Waals surface area contributed by atoms with Crippen molar-refractivity contribution >= 4 is 11.6 Å². The largest absolute Gasteiger partial charge is 0.453 e. The Balaban J connectivity index is 2.23. The molecular formula is C15H15ClFNO. The summed E-state index contributed by atoms with van der Waals surface area (Å²) in [4.78, 5) is 0. The second-order valence-corrected chi connectivity index (χ2v) is 4.74. The van der Waals surface area contributed by atoms with Gasteiger partial charge in [-0.2, -0.15) is 0 Å². The van der Waals surface area contributed by atoms with Crippen molar-refractivity contribution in [2.24, 2.45) is 0 Å². The van der Waals surface area contributed by atoms with Crippen LogP contribution in [0.3, 0.4) is 0 Å². The maximum absolute atomic E-state index is 13.9. The fourth-order valence-electron chi connectivity index (χ4n) is 1.75. The van der Waals surface area contributed by atoms with Crippen molar-refractivity contribution in [1.82, 2.24) is 5.32 Å². The van der Waals surface area contributed by atoms with Gasteiger partial charge in [-0.3, -0.25) is 0 Å². The SMILES string of the molecule is CNCc1ccc(Oc2ccc(C)cc2Cl)c(F)c1. The summed E-state index contributed by atoms with van der Waals surface area (Å²) in [5, 5.41) is 3.44. The first-order valence-electron chi connectivity index (χ1n) is 5.97. The number of aryl methyl sites for hydroxylation is 1. The monoisotopic (exact) mass is 279 g/mol. The molecule has 0 atom stereocenters. The van der Waals surface area contributed by atoms with Crippen LogP contribution in [0.4, 0.5) is 4.39 Å². The van der Waals surface area contributed by atoms with E-state index < -0.39 is 5.82 Å². The molecule has 4 heteroatoms. The zero-order valence-corrected chi connectivity index (χ0v) is 11.6. The van der Waals surface area contributed by atoms with Gasteiger partial charge in [0.15, 0.2) is 11.6 Å². The Kier molecular flexibility index (Phi) is 4.40. The molecule has 19 heavy (non-hydrogen) atoms. The molecule has 0 aromatic heterocycles. The van der Waals surface area contributed by atoms with E-state index in [0.29, 0.717) is 17.3 Å². The normalized spacial score (nSPS) is 10.5. The number of hydrogen-bond acceptors (Lipinski definition) is 2. The molecule has 0 fully saturated rings. The Morgan fingerprint density at radius 3 is 2.53 bits per heavy atom. The molecule has 2 aromatic carbocycles. The number of rotatable bonds is 4. The first-order chi connectivity index (χ1) is 9.10. The van der Waals surface area contributed by atoms with Crippen molar-refractivity contribution in [3.05, 3.63) is 58.4 Å². The maximum atomic E-state index is 13.9. The molecule has 0 heterocycles. The van der Waals surface area contributed by atoms with Crippen LogP contribution in [0.15, 0.2) is 36.4 Å². The second kappa shape index (κ2) is 6.04. The van der Waals surface area contributed by atoms with Crippen molar-refractivity contribution in [2.75, 3.05) is 7.05 Å². The first-order valence-corrected chi connectivity index (χ1v) is 6.35. The summed E-state index contributed by atoms with van der Waals surface area (Å²) >= 11 is 6.06. The molecule has 2 aromatic rings. The third-order valence-corrected chi connectivity index (χ3v) is 2.98. The van der Waals surface area contributed by atoms with Crippen LogP contribution in [-0.4, -0.2) is 7.05 Å². The van der Waals surface area contributed by atoms with Crippen LogP contribution in [0.25, 0.3) is 0 Å². The quantitative estimate of drug-likeness (QED) is 0.901. The van der Waals surface area contributed by atoms with Crippen molar-refractivity contribution in [3.63, 3.8) is 0 Å². The fraction of sp³-hybridized carbons (Fsp3) is 0.200. The topological polar surface area (TPSA) is 21.3 Å². The molecule has 0 spiro atoms. The van der Waals surface area contributed by atoms with Gasteiger partial charge in [0.1, 0.15) is 5.75 Å². The molecule has 2 rings (SSSR count). The number of hydrogen-bond donors (Lipinski definition) is 1. The van der Waals surface area contributed by atoms with Gasteiger partial charge >= 0.3 is 0 Å². The predicted molar refractivity (Wildman–Crippen MR) is 75.4 cm³/mol. The van der Waals surface area contributed by atoms with E-state index in [9.17, 15) is 4.39 Å². The van der Waals surface area contributed by atoms with Crippen molar-refractivity contribution in [1.29, 1.82) is 0 Å². The summed E-state index contributed by atoms with van der Waals surface area (Å²) in [7, 11) is 1.81. The van der Waals surface area contributed by atoms with Gasteiger partial charge in [-0.1, -0.05) is 23.7 Å². The van der Waals surface area contributed by atoms with Crippen LogP contribution in [0.2, 0.25) is 5.02 Å². The average Bonchev–Trinajstić information content (AvgIpc) is 2.36. The highest BCUT2D eigenvalue weighted by molar-refractivity contribution is 6.32. The predicted octanol–water partition coefficient (Wildman–Crippen LogP) is 4.30. The van der Waals surface area contributed by atoms with E-state index in [-0.39, 0.29) is 5.75 Å². The Morgan fingerprint density at radius 2 is 1.89 bits per heavy atom. The molecule has 0 aliphatic rings. The molecule has 0 bridgehead atoms. The molecule has 0 aliphatic heterocycles. The molecule has 0 saturated carbocycles.